The standard InChI is InChI=1S/C36H48N6O4S.C7H15NO.C4H8/c1-7-38-30(33(44)13-9-10-18-41-37)16-19-39-31(22-47)26-14-15-32-28(20-26)29(21-36(4,5)23-46-24-43)35(42(32)8-2)27-12-11-17-40-34(27)25(3)45-6;1-8-4-2-7(6-9)3-5-8;1-4-2-3-4/h1,11-12,14-15,17,19-20,22,24-25,30,38,41,47H,8-10,13,16,18,21,23,37H2,2-6H3;7,9H,2-6H2,1H3;4H,2-3H2,1H3/b31-22-,39-19?;;. The van der Waals surface area contributed by atoms with Crippen LogP contribution in [-0.4, -0.2) is 91.1 Å². The van der Waals surface area contributed by atoms with Crippen molar-refractivity contribution in [2.75, 3.05) is 47.0 Å². The minimum atomic E-state index is -0.537. The van der Waals surface area contributed by atoms with E-state index >= 15 is 0 Å². The summed E-state index contributed by atoms with van der Waals surface area (Å²) in [4.78, 5) is 35.7. The summed E-state index contributed by atoms with van der Waals surface area (Å²) >= 11 is 4.49. The van der Waals surface area contributed by atoms with E-state index in [0.29, 0.717) is 50.5 Å². The zero-order valence-corrected chi connectivity index (χ0v) is 38.0. The number of nitrogens with one attached hydrogen (secondary N) is 2. The number of likely N-dealkylation sites (tertiary alicyclic amines) is 1. The van der Waals surface area contributed by atoms with Crippen molar-refractivity contribution in [1.29, 1.82) is 0 Å². The molecule has 1 aromatic carbocycles. The summed E-state index contributed by atoms with van der Waals surface area (Å²) < 4.78 is 13.3. The molecule has 3 aromatic rings. The van der Waals surface area contributed by atoms with Crippen LogP contribution in [0.1, 0.15) is 109 Å². The Hall–Kier alpha value is -4.03. The molecule has 2 fully saturated rings. The van der Waals surface area contributed by atoms with Gasteiger partial charge in [0.15, 0.2) is 5.78 Å². The largest absolute Gasteiger partial charge is 0.467 e. The van der Waals surface area contributed by atoms with Crippen LogP contribution in [0.5, 0.6) is 0 Å². The van der Waals surface area contributed by atoms with Gasteiger partial charge >= 0.3 is 0 Å². The molecule has 13 heteroatoms. The molecule has 12 nitrogen and oxygen atoms in total. The number of hydrogen-bond acceptors (Lipinski definition) is 12. The van der Waals surface area contributed by atoms with Crippen LogP contribution in [0.25, 0.3) is 27.9 Å². The summed E-state index contributed by atoms with van der Waals surface area (Å²) in [5.74, 6) is 7.02. The van der Waals surface area contributed by atoms with E-state index in [1.165, 1.54) is 25.7 Å². The Balaban J connectivity index is 0.000000623. The summed E-state index contributed by atoms with van der Waals surface area (Å²) in [6, 6.07) is 12.1. The molecule has 1 aliphatic heterocycles. The molecule has 5 N–H and O–H groups in total. The van der Waals surface area contributed by atoms with E-state index in [-0.39, 0.29) is 23.9 Å². The van der Waals surface area contributed by atoms with Gasteiger partial charge in [-0.15, -0.1) is 12.6 Å². The van der Waals surface area contributed by atoms with Crippen LogP contribution >= 0.6 is 12.6 Å². The van der Waals surface area contributed by atoms with E-state index in [2.05, 4.69) is 91.8 Å². The van der Waals surface area contributed by atoms with Crippen LogP contribution in [0.4, 0.5) is 0 Å². The lowest BCUT2D eigenvalue weighted by atomic mass is 9.84. The van der Waals surface area contributed by atoms with E-state index in [9.17, 15) is 9.59 Å². The van der Waals surface area contributed by atoms with Crippen molar-refractivity contribution >= 4 is 47.7 Å². The minimum Gasteiger partial charge on any atom is -0.467 e. The monoisotopic (exact) mass is 846 g/mol. The van der Waals surface area contributed by atoms with E-state index < -0.39 is 6.04 Å². The number of rotatable bonds is 21. The van der Waals surface area contributed by atoms with Crippen molar-refractivity contribution in [3.05, 3.63) is 58.8 Å². The van der Waals surface area contributed by atoms with Crippen LogP contribution in [0.15, 0.2) is 46.9 Å². The normalized spacial score (nSPS) is 16.0. The topological polar surface area (TPSA) is 156 Å². The number of methoxy groups -OCH3 is 1. The molecule has 0 spiro atoms. The lowest BCUT2D eigenvalue weighted by molar-refractivity contribution is -0.131. The zero-order chi connectivity index (χ0) is 44.1. The number of benzene rings is 1. The number of nitrogens with zero attached hydrogens (tertiary/aromatic N) is 4. The van der Waals surface area contributed by atoms with E-state index in [1.807, 2.05) is 19.1 Å². The van der Waals surface area contributed by atoms with E-state index in [0.717, 1.165) is 77.4 Å². The highest BCUT2D eigenvalue weighted by Crippen LogP contribution is 2.41. The number of Topliss-reactive ketones (excluding diaryl/α,β-unsaturated/α-hetero) is 1. The van der Waals surface area contributed by atoms with Crippen LogP contribution in [0, 0.1) is 29.7 Å². The summed E-state index contributed by atoms with van der Waals surface area (Å²) in [5, 5.41) is 14.3. The second-order valence-corrected chi connectivity index (χ2v) is 17.0. The van der Waals surface area contributed by atoms with Gasteiger partial charge in [0.2, 0.25) is 0 Å². The first-order valence-electron chi connectivity index (χ1n) is 21.4. The Morgan fingerprint density at radius 2 is 1.93 bits per heavy atom. The van der Waals surface area contributed by atoms with Crippen molar-refractivity contribution in [2.45, 2.75) is 111 Å². The number of piperidine rings is 1. The smallest absolute Gasteiger partial charge is 0.293 e. The van der Waals surface area contributed by atoms with Gasteiger partial charge in [0, 0.05) is 85.5 Å². The number of hydrogen-bond donors (Lipinski definition) is 5. The van der Waals surface area contributed by atoms with Gasteiger partial charge in [-0.2, -0.15) is 0 Å². The van der Waals surface area contributed by atoms with Crippen LogP contribution in [-0.2, 0) is 32.0 Å². The van der Waals surface area contributed by atoms with Gasteiger partial charge < -0.3 is 29.4 Å². The SMILES string of the molecule is C#CNC(CC=N/C(=C\S)c1ccc2c(c1)c(CC(C)(C)COC=O)c(-c1cccnc1C(C)OC)n2CC)C(=O)CCCCNN.CC1CC1.CN1CCC(CO)CC1. The molecule has 1 saturated heterocycles. The molecule has 330 valence electrons. The number of carbonyl (C=O) groups is 2. The van der Waals surface area contributed by atoms with Gasteiger partial charge in [-0.3, -0.25) is 30.8 Å². The van der Waals surface area contributed by atoms with Crippen molar-refractivity contribution < 1.29 is 24.2 Å². The molecule has 1 saturated carbocycles. The zero-order valence-electron chi connectivity index (χ0n) is 37.1. The van der Waals surface area contributed by atoms with Crippen molar-refractivity contribution in [3.63, 3.8) is 0 Å². The maximum absolute atomic E-state index is 12.8. The molecule has 0 radical (unpaired) electrons. The summed E-state index contributed by atoms with van der Waals surface area (Å²) in [6.07, 6.45) is 16.9. The van der Waals surface area contributed by atoms with E-state index in [1.54, 1.807) is 24.9 Å². The van der Waals surface area contributed by atoms with Gasteiger partial charge in [0.05, 0.1) is 35.8 Å². The fourth-order valence-electron chi connectivity index (χ4n) is 7.16. The lowest BCUT2D eigenvalue weighted by Crippen LogP contribution is -2.34. The van der Waals surface area contributed by atoms with Crippen LogP contribution in [0.3, 0.4) is 0 Å². The Kier molecular flexibility index (Phi) is 22.1. The molecule has 1 aliphatic carbocycles. The quantitative estimate of drug-likeness (QED) is 0.0107. The second-order valence-electron chi connectivity index (χ2n) is 16.8. The predicted molar refractivity (Wildman–Crippen MR) is 248 cm³/mol. The predicted octanol–water partition coefficient (Wildman–Crippen LogP) is 7.35. The fourth-order valence-corrected chi connectivity index (χ4v) is 7.38. The number of aromatic nitrogens is 2. The molecule has 2 atom stereocenters. The summed E-state index contributed by atoms with van der Waals surface area (Å²) in [5.41, 5.74) is 8.80. The molecule has 5 rings (SSSR count). The fraction of sp³-hybridized carbons (Fsp3) is 0.574. The third-order valence-electron chi connectivity index (χ3n) is 11.1. The number of fused-ring (bicyclic) bond motifs is 1. The number of aryl methyl sites for hydroxylation is 1. The van der Waals surface area contributed by atoms with Crippen molar-refractivity contribution in [3.8, 4) is 23.7 Å². The average Bonchev–Trinajstić information content (AvgIpc) is 3.99. The molecule has 0 amide bonds. The number of aliphatic imine (C=N–C) groups is 1. The number of ketones is 1. The molecule has 0 bridgehead atoms. The number of nitrogens with two attached hydrogens (primary N) is 1. The minimum absolute atomic E-state index is 0.0288. The first kappa shape index (κ1) is 50.3. The third kappa shape index (κ3) is 15.8. The van der Waals surface area contributed by atoms with Gasteiger partial charge in [0.1, 0.15) is 0 Å². The summed E-state index contributed by atoms with van der Waals surface area (Å²) in [7, 11) is 3.81. The van der Waals surface area contributed by atoms with Gasteiger partial charge in [0.25, 0.3) is 6.47 Å². The van der Waals surface area contributed by atoms with Crippen molar-refractivity contribution in [2.24, 2.45) is 28.1 Å². The maximum atomic E-state index is 12.8. The van der Waals surface area contributed by atoms with Crippen LogP contribution < -0.4 is 16.6 Å². The summed E-state index contributed by atoms with van der Waals surface area (Å²) in [6.45, 7) is 15.4. The van der Waals surface area contributed by atoms with Gasteiger partial charge in [-0.05, 0) is 113 Å². The number of carbonyl (C=O) groups excluding carboxylic acids is 2. The molecule has 3 heterocycles. The Morgan fingerprint density at radius 3 is 2.52 bits per heavy atom. The molecule has 2 aromatic heterocycles. The maximum Gasteiger partial charge on any atom is 0.293 e. The number of aliphatic hydroxyl groups excluding tert-OH is 1. The van der Waals surface area contributed by atoms with Gasteiger partial charge in [-0.1, -0.05) is 46.1 Å². The first-order chi connectivity index (χ1) is 28.9. The second kappa shape index (κ2) is 26.3. The number of terminal acetylenes is 1. The number of thiol groups is 1. The third-order valence-corrected chi connectivity index (χ3v) is 11.4. The van der Waals surface area contributed by atoms with Crippen LogP contribution in [0.2, 0.25) is 0 Å². The molecule has 60 heavy (non-hydrogen) atoms. The first-order valence-corrected chi connectivity index (χ1v) is 21.9. The Bertz CT molecular complexity index is 1880. The molecule has 2 unspecified atom stereocenters. The average molecular weight is 846 g/mol. The Labute approximate surface area is 364 Å². The number of hydrazine groups is 1. The Morgan fingerprint density at radius 1 is 1.22 bits per heavy atom. The number of ether oxygens (including phenoxy) is 2. The highest BCUT2D eigenvalue weighted by Gasteiger charge is 2.29. The number of unbranched alkanes of at least 4 members (excludes halogenated alkanes) is 1. The van der Waals surface area contributed by atoms with E-state index in [4.69, 9.17) is 36.8 Å². The molecular formula is C47H71N7O5S. The van der Waals surface area contributed by atoms with Gasteiger partial charge in [-0.25, -0.2) is 0 Å². The molecular weight excluding hydrogens is 775 g/mol. The lowest BCUT2D eigenvalue weighted by Gasteiger charge is -2.27. The number of pyridine rings is 1. The molecule has 2 aliphatic rings. The highest BCUT2D eigenvalue weighted by molar-refractivity contribution is 7.83. The number of aliphatic hydroxyl groups is 1. The van der Waals surface area contributed by atoms with Crippen molar-refractivity contribution in [1.82, 2.24) is 25.2 Å². The highest BCUT2D eigenvalue weighted by atomic mass is 32.1.